The predicted molar refractivity (Wildman–Crippen MR) is 188 cm³/mol. The van der Waals surface area contributed by atoms with Crippen LogP contribution < -0.4 is 19.8 Å². The van der Waals surface area contributed by atoms with Gasteiger partial charge in [-0.2, -0.15) is 0 Å². The molecule has 258 valence electrons. The lowest BCUT2D eigenvalue weighted by molar-refractivity contribution is -0.123. The SMILES string of the molecule is C[C@H]1C[C@@H]1CN(Cc1ccccc1)c1cc(C(=O)NCC(=O)[C@@](C)(Cc2ccccc2)NC(=O)OC(C)(C)C)cc(N(C)S(C)(=O)=O)n1. The average molecular weight is 678 g/mol. The van der Waals surface area contributed by atoms with Gasteiger partial charge in [0.15, 0.2) is 5.78 Å². The first-order chi connectivity index (χ1) is 22.4. The summed E-state index contributed by atoms with van der Waals surface area (Å²) in [7, 11) is -2.32. The lowest BCUT2D eigenvalue weighted by atomic mass is 9.88. The van der Waals surface area contributed by atoms with Gasteiger partial charge in [-0.3, -0.25) is 13.9 Å². The molecule has 0 saturated heterocycles. The van der Waals surface area contributed by atoms with Gasteiger partial charge in [-0.15, -0.1) is 0 Å². The van der Waals surface area contributed by atoms with Gasteiger partial charge in [0.1, 0.15) is 22.8 Å². The van der Waals surface area contributed by atoms with Crippen LogP contribution in [0.1, 0.15) is 62.5 Å². The molecule has 12 heteroatoms. The number of hydrogen-bond donors (Lipinski definition) is 2. The van der Waals surface area contributed by atoms with Gasteiger partial charge in [0.05, 0.1) is 12.8 Å². The molecule has 0 spiro atoms. The maximum atomic E-state index is 13.8. The van der Waals surface area contributed by atoms with Crippen molar-refractivity contribution >= 4 is 39.4 Å². The third-order valence-electron chi connectivity index (χ3n) is 8.35. The van der Waals surface area contributed by atoms with E-state index in [0.717, 1.165) is 28.1 Å². The molecular formula is C36H47N5O6S. The van der Waals surface area contributed by atoms with Crippen molar-refractivity contribution in [2.24, 2.45) is 11.8 Å². The van der Waals surface area contributed by atoms with Crippen molar-refractivity contribution in [1.82, 2.24) is 15.6 Å². The van der Waals surface area contributed by atoms with E-state index in [1.165, 1.54) is 13.1 Å². The summed E-state index contributed by atoms with van der Waals surface area (Å²) in [4.78, 5) is 47.0. The van der Waals surface area contributed by atoms with Gasteiger partial charge >= 0.3 is 6.09 Å². The zero-order valence-electron chi connectivity index (χ0n) is 28.8. The van der Waals surface area contributed by atoms with Crippen LogP contribution in [0.4, 0.5) is 16.4 Å². The Labute approximate surface area is 284 Å². The fraction of sp³-hybridized carbons (Fsp3) is 0.444. The summed E-state index contributed by atoms with van der Waals surface area (Å²) in [6.45, 7) is 9.77. The van der Waals surface area contributed by atoms with Crippen LogP contribution in [-0.2, 0) is 32.5 Å². The minimum Gasteiger partial charge on any atom is -0.444 e. The smallest absolute Gasteiger partial charge is 0.408 e. The molecule has 1 saturated carbocycles. The number of ether oxygens (including phenoxy) is 1. The molecule has 1 heterocycles. The van der Waals surface area contributed by atoms with E-state index in [0.29, 0.717) is 30.7 Å². The van der Waals surface area contributed by atoms with E-state index < -0.39 is 45.5 Å². The van der Waals surface area contributed by atoms with E-state index in [1.807, 2.05) is 60.7 Å². The summed E-state index contributed by atoms with van der Waals surface area (Å²) < 4.78 is 31.6. The van der Waals surface area contributed by atoms with Crippen molar-refractivity contribution in [2.75, 3.05) is 35.6 Å². The second-order valence-electron chi connectivity index (χ2n) is 13.9. The van der Waals surface area contributed by atoms with Gasteiger partial charge in [0.25, 0.3) is 5.91 Å². The fourth-order valence-electron chi connectivity index (χ4n) is 5.31. The topological polar surface area (TPSA) is 138 Å². The van der Waals surface area contributed by atoms with Gasteiger partial charge in [-0.05, 0) is 69.2 Å². The number of carbonyl (C=O) groups excluding carboxylic acids is 3. The molecule has 1 fully saturated rings. The Morgan fingerprint density at radius 2 is 1.50 bits per heavy atom. The van der Waals surface area contributed by atoms with Crippen LogP contribution in [-0.4, -0.2) is 68.7 Å². The summed E-state index contributed by atoms with van der Waals surface area (Å²) in [5, 5.41) is 5.42. The van der Waals surface area contributed by atoms with Crippen molar-refractivity contribution in [1.29, 1.82) is 0 Å². The Morgan fingerprint density at radius 1 is 0.938 bits per heavy atom. The van der Waals surface area contributed by atoms with Crippen molar-refractivity contribution < 1.29 is 27.5 Å². The van der Waals surface area contributed by atoms with Gasteiger partial charge in [-0.25, -0.2) is 18.2 Å². The lowest BCUT2D eigenvalue weighted by Crippen LogP contribution is -2.57. The van der Waals surface area contributed by atoms with E-state index in [2.05, 4.69) is 22.5 Å². The van der Waals surface area contributed by atoms with Gasteiger partial charge < -0.3 is 20.3 Å². The van der Waals surface area contributed by atoms with Crippen molar-refractivity contribution in [3.05, 3.63) is 89.5 Å². The number of aromatic nitrogens is 1. The minimum atomic E-state index is -3.70. The number of pyridine rings is 1. The van der Waals surface area contributed by atoms with Crippen LogP contribution in [0.2, 0.25) is 0 Å². The Balaban J connectivity index is 1.62. The lowest BCUT2D eigenvalue weighted by Gasteiger charge is -2.31. The summed E-state index contributed by atoms with van der Waals surface area (Å²) in [5.74, 6) is 0.493. The van der Waals surface area contributed by atoms with Crippen LogP contribution >= 0.6 is 0 Å². The average Bonchev–Trinajstić information content (AvgIpc) is 3.71. The van der Waals surface area contributed by atoms with Crippen LogP contribution in [0.5, 0.6) is 0 Å². The fourth-order valence-corrected chi connectivity index (χ4v) is 5.74. The highest BCUT2D eigenvalue weighted by molar-refractivity contribution is 7.92. The Bertz CT molecular complexity index is 1710. The van der Waals surface area contributed by atoms with Crippen molar-refractivity contribution in [3.8, 4) is 0 Å². The first-order valence-electron chi connectivity index (χ1n) is 16.0. The number of anilines is 2. The van der Waals surface area contributed by atoms with E-state index in [9.17, 15) is 22.8 Å². The first-order valence-corrected chi connectivity index (χ1v) is 17.9. The third kappa shape index (κ3) is 10.3. The summed E-state index contributed by atoms with van der Waals surface area (Å²) in [6.07, 6.45) is 1.55. The molecule has 11 nitrogen and oxygen atoms in total. The molecule has 3 atom stereocenters. The van der Waals surface area contributed by atoms with Crippen LogP contribution in [0.15, 0.2) is 72.8 Å². The number of benzene rings is 2. The quantitative estimate of drug-likeness (QED) is 0.244. The molecule has 0 bridgehead atoms. The van der Waals surface area contributed by atoms with E-state index in [-0.39, 0.29) is 17.8 Å². The number of nitrogens with zero attached hydrogens (tertiary/aromatic N) is 3. The molecule has 1 aliphatic rings. The van der Waals surface area contributed by atoms with Crippen LogP contribution in [0.3, 0.4) is 0 Å². The minimum absolute atomic E-state index is 0.0777. The van der Waals surface area contributed by atoms with Crippen LogP contribution in [0, 0.1) is 11.8 Å². The van der Waals surface area contributed by atoms with Gasteiger partial charge in [0.2, 0.25) is 10.0 Å². The number of Topliss-reactive ketones (excluding diaryl/α,β-unsaturated/α-hetero) is 1. The molecule has 2 amide bonds. The Hall–Kier alpha value is -4.45. The number of amides is 2. The van der Waals surface area contributed by atoms with Crippen LogP contribution in [0.25, 0.3) is 0 Å². The molecule has 0 radical (unpaired) electrons. The number of nitrogens with one attached hydrogen (secondary N) is 2. The Morgan fingerprint density at radius 3 is 2.04 bits per heavy atom. The van der Waals surface area contributed by atoms with Crippen molar-refractivity contribution in [2.45, 2.75) is 65.1 Å². The monoisotopic (exact) mass is 677 g/mol. The summed E-state index contributed by atoms with van der Waals surface area (Å²) in [5.41, 5.74) is -0.190. The molecule has 4 rings (SSSR count). The second-order valence-corrected chi connectivity index (χ2v) is 15.9. The molecular weight excluding hydrogens is 630 g/mol. The predicted octanol–water partition coefficient (Wildman–Crippen LogP) is 4.97. The molecule has 0 unspecified atom stereocenters. The third-order valence-corrected chi connectivity index (χ3v) is 9.54. The zero-order chi connectivity index (χ0) is 35.3. The van der Waals surface area contributed by atoms with Gasteiger partial charge in [0, 0.05) is 32.1 Å². The largest absolute Gasteiger partial charge is 0.444 e. The molecule has 3 aromatic rings. The number of carbonyl (C=O) groups is 3. The maximum absolute atomic E-state index is 13.8. The van der Waals surface area contributed by atoms with E-state index in [1.54, 1.807) is 33.8 Å². The number of ketones is 1. The standard InChI is InChI=1S/C36H47N5O6S/c1-25-18-29(25)24-41(23-27-16-12-9-13-17-27)32-20-28(19-31(38-32)40(6)48(7,45)46)33(43)37-22-30(42)36(5,21-26-14-10-8-11-15-26)39-34(44)47-35(2,3)4/h8-17,19-20,25,29H,18,21-24H2,1-7H3,(H,37,43)(H,39,44)/t25-,29+,36+/m0/s1. The molecule has 2 aromatic carbocycles. The van der Waals surface area contributed by atoms with Gasteiger partial charge in [-0.1, -0.05) is 67.6 Å². The molecule has 48 heavy (non-hydrogen) atoms. The number of rotatable bonds is 14. The number of hydrogen-bond acceptors (Lipinski definition) is 8. The van der Waals surface area contributed by atoms with E-state index in [4.69, 9.17) is 9.72 Å². The Kier molecular flexibility index (Phi) is 11.2. The summed E-state index contributed by atoms with van der Waals surface area (Å²) in [6, 6.07) is 22.1. The summed E-state index contributed by atoms with van der Waals surface area (Å²) >= 11 is 0. The highest BCUT2D eigenvalue weighted by Crippen LogP contribution is 2.39. The molecule has 2 N–H and O–H groups in total. The molecule has 0 aliphatic heterocycles. The molecule has 1 aromatic heterocycles. The van der Waals surface area contributed by atoms with Crippen molar-refractivity contribution in [3.63, 3.8) is 0 Å². The second kappa shape index (κ2) is 14.8. The molecule has 1 aliphatic carbocycles. The number of alkyl carbamates (subject to hydrolysis) is 1. The first kappa shape index (κ1) is 36.4. The maximum Gasteiger partial charge on any atom is 0.408 e. The zero-order valence-corrected chi connectivity index (χ0v) is 29.6. The highest BCUT2D eigenvalue weighted by atomic mass is 32.2. The number of sulfonamides is 1. The normalized spacial score (nSPS) is 17.1. The van der Waals surface area contributed by atoms with E-state index >= 15 is 0 Å². The highest BCUT2D eigenvalue weighted by Gasteiger charge is 2.37.